The summed E-state index contributed by atoms with van der Waals surface area (Å²) in [6.07, 6.45) is 1.40. The molecule has 1 aromatic heterocycles. The first-order chi connectivity index (χ1) is 9.33. The van der Waals surface area contributed by atoms with E-state index in [0.29, 0.717) is 24.0 Å². The molecule has 0 radical (unpaired) electrons. The quantitative estimate of drug-likeness (QED) is 0.900. The van der Waals surface area contributed by atoms with Crippen molar-refractivity contribution in [2.24, 2.45) is 5.92 Å². The average Bonchev–Trinajstić information content (AvgIpc) is 2.87. The molecule has 5 nitrogen and oxygen atoms in total. The maximum absolute atomic E-state index is 11.9. The lowest BCUT2D eigenvalue weighted by atomic mass is 10.0. The Morgan fingerprint density at radius 1 is 1.35 bits per heavy atom. The monoisotopic (exact) mass is 293 g/mol. The number of oxazole rings is 1. The number of aromatic nitrogens is 1. The van der Waals surface area contributed by atoms with Crippen molar-refractivity contribution in [1.29, 1.82) is 0 Å². The molecule has 1 saturated heterocycles. The Hall–Kier alpha value is -1.85. The van der Waals surface area contributed by atoms with E-state index in [2.05, 4.69) is 15.6 Å². The molecule has 106 valence electrons. The highest BCUT2D eigenvalue weighted by Crippen LogP contribution is 2.17. The Bertz CT molecular complexity index is 567. The van der Waals surface area contributed by atoms with Crippen LogP contribution in [0.3, 0.4) is 0 Å². The summed E-state index contributed by atoms with van der Waals surface area (Å²) in [6, 6.07) is 9.53. The van der Waals surface area contributed by atoms with Crippen molar-refractivity contribution < 1.29 is 9.21 Å². The van der Waals surface area contributed by atoms with Crippen molar-refractivity contribution in [2.75, 3.05) is 19.6 Å². The summed E-state index contributed by atoms with van der Waals surface area (Å²) < 4.78 is 5.33. The number of amides is 1. The zero-order chi connectivity index (χ0) is 13.1. The van der Waals surface area contributed by atoms with Crippen molar-refractivity contribution in [2.45, 2.75) is 0 Å². The molecule has 1 aliphatic rings. The molecule has 2 aromatic rings. The van der Waals surface area contributed by atoms with Gasteiger partial charge in [-0.3, -0.25) is 4.79 Å². The van der Waals surface area contributed by atoms with Crippen LogP contribution in [0.2, 0.25) is 0 Å². The fourth-order valence-corrected chi connectivity index (χ4v) is 1.91. The van der Waals surface area contributed by atoms with Gasteiger partial charge in [-0.2, -0.15) is 0 Å². The van der Waals surface area contributed by atoms with E-state index in [1.807, 2.05) is 30.3 Å². The highest BCUT2D eigenvalue weighted by molar-refractivity contribution is 5.92. The molecule has 3 rings (SSSR count). The molecular formula is C14H16ClN3O2. The summed E-state index contributed by atoms with van der Waals surface area (Å²) in [5.41, 5.74) is 1.19. The molecule has 1 aromatic carbocycles. The van der Waals surface area contributed by atoms with E-state index in [4.69, 9.17) is 4.42 Å². The van der Waals surface area contributed by atoms with Crippen LogP contribution in [0.25, 0.3) is 11.5 Å². The fraction of sp³-hybridized carbons (Fsp3) is 0.286. The molecule has 2 N–H and O–H groups in total. The minimum Gasteiger partial charge on any atom is -0.444 e. The van der Waals surface area contributed by atoms with E-state index in [1.54, 1.807) is 0 Å². The molecule has 20 heavy (non-hydrogen) atoms. The van der Waals surface area contributed by atoms with Crippen LogP contribution in [0.4, 0.5) is 0 Å². The second-order valence-electron chi connectivity index (χ2n) is 4.64. The highest BCUT2D eigenvalue weighted by Gasteiger charge is 2.19. The van der Waals surface area contributed by atoms with Gasteiger partial charge in [0.25, 0.3) is 5.91 Å². The van der Waals surface area contributed by atoms with Crippen LogP contribution in [0, 0.1) is 5.92 Å². The molecule has 1 fully saturated rings. The van der Waals surface area contributed by atoms with Gasteiger partial charge in [0, 0.05) is 31.1 Å². The van der Waals surface area contributed by atoms with Gasteiger partial charge in [0.1, 0.15) is 6.26 Å². The van der Waals surface area contributed by atoms with Crippen LogP contribution in [0.5, 0.6) is 0 Å². The SMILES string of the molecule is Cl.O=C(NCC1CNC1)c1coc(-c2ccccc2)n1. The maximum atomic E-state index is 11.9. The van der Waals surface area contributed by atoms with Crippen LogP contribution in [0.15, 0.2) is 41.0 Å². The number of hydrogen-bond donors (Lipinski definition) is 2. The molecule has 0 atom stereocenters. The highest BCUT2D eigenvalue weighted by atomic mass is 35.5. The third-order valence-electron chi connectivity index (χ3n) is 3.17. The first-order valence-corrected chi connectivity index (χ1v) is 6.33. The number of rotatable bonds is 4. The zero-order valence-electron chi connectivity index (χ0n) is 10.8. The average molecular weight is 294 g/mol. The molecule has 0 aliphatic carbocycles. The van der Waals surface area contributed by atoms with E-state index in [1.165, 1.54) is 6.26 Å². The Labute approximate surface area is 123 Å². The van der Waals surface area contributed by atoms with Crippen molar-refractivity contribution in [1.82, 2.24) is 15.6 Å². The smallest absolute Gasteiger partial charge is 0.273 e. The lowest BCUT2D eigenvalue weighted by Gasteiger charge is -2.26. The maximum Gasteiger partial charge on any atom is 0.273 e. The van der Waals surface area contributed by atoms with E-state index in [0.717, 1.165) is 18.7 Å². The summed E-state index contributed by atoms with van der Waals surface area (Å²) in [6.45, 7) is 2.61. The minimum absolute atomic E-state index is 0. The van der Waals surface area contributed by atoms with Crippen LogP contribution in [-0.4, -0.2) is 30.5 Å². The molecule has 0 unspecified atom stereocenters. The fourth-order valence-electron chi connectivity index (χ4n) is 1.91. The second-order valence-corrected chi connectivity index (χ2v) is 4.64. The minimum atomic E-state index is -0.183. The van der Waals surface area contributed by atoms with Crippen LogP contribution < -0.4 is 10.6 Å². The number of nitrogens with zero attached hydrogens (tertiary/aromatic N) is 1. The molecule has 0 saturated carbocycles. The standard InChI is InChI=1S/C14H15N3O2.ClH/c18-13(16-8-10-6-15-7-10)12-9-19-14(17-12)11-4-2-1-3-5-11;/h1-5,9-10,15H,6-8H2,(H,16,18);1H. The van der Waals surface area contributed by atoms with Crippen molar-refractivity contribution in [3.63, 3.8) is 0 Å². The zero-order valence-corrected chi connectivity index (χ0v) is 11.7. The van der Waals surface area contributed by atoms with Crippen molar-refractivity contribution >= 4 is 18.3 Å². The third kappa shape index (κ3) is 3.18. The van der Waals surface area contributed by atoms with Crippen molar-refractivity contribution in [3.8, 4) is 11.5 Å². The van der Waals surface area contributed by atoms with Gasteiger partial charge in [0.15, 0.2) is 5.69 Å². The second kappa shape index (κ2) is 6.54. The largest absolute Gasteiger partial charge is 0.444 e. The Morgan fingerprint density at radius 2 is 2.10 bits per heavy atom. The van der Waals surface area contributed by atoms with Gasteiger partial charge in [0.2, 0.25) is 5.89 Å². The normalized spacial score (nSPS) is 14.2. The number of benzene rings is 1. The van der Waals surface area contributed by atoms with Gasteiger partial charge in [-0.25, -0.2) is 4.98 Å². The molecule has 1 amide bonds. The third-order valence-corrected chi connectivity index (χ3v) is 3.17. The number of carbonyl (C=O) groups excluding carboxylic acids is 1. The van der Waals surface area contributed by atoms with E-state index in [9.17, 15) is 4.79 Å². The first-order valence-electron chi connectivity index (χ1n) is 6.33. The van der Waals surface area contributed by atoms with E-state index < -0.39 is 0 Å². The predicted molar refractivity (Wildman–Crippen MR) is 77.9 cm³/mol. The molecule has 2 heterocycles. The molecule has 6 heteroatoms. The molecule has 0 bridgehead atoms. The van der Waals surface area contributed by atoms with Gasteiger partial charge < -0.3 is 15.1 Å². The molecule has 1 aliphatic heterocycles. The summed E-state index contributed by atoms with van der Waals surface area (Å²) in [5.74, 6) is 0.818. The number of halogens is 1. The van der Waals surface area contributed by atoms with Gasteiger partial charge in [-0.15, -0.1) is 12.4 Å². The molecular weight excluding hydrogens is 278 g/mol. The number of nitrogens with one attached hydrogen (secondary N) is 2. The van der Waals surface area contributed by atoms with Crippen LogP contribution >= 0.6 is 12.4 Å². The number of hydrogen-bond acceptors (Lipinski definition) is 4. The Kier molecular flexibility index (Phi) is 4.76. The summed E-state index contributed by atoms with van der Waals surface area (Å²) in [7, 11) is 0. The number of carbonyl (C=O) groups is 1. The lowest BCUT2D eigenvalue weighted by molar-refractivity contribution is 0.0937. The van der Waals surface area contributed by atoms with Gasteiger partial charge in [0.05, 0.1) is 0 Å². The van der Waals surface area contributed by atoms with Gasteiger partial charge >= 0.3 is 0 Å². The van der Waals surface area contributed by atoms with Crippen LogP contribution in [0.1, 0.15) is 10.5 Å². The summed E-state index contributed by atoms with van der Waals surface area (Å²) in [4.78, 5) is 16.1. The topological polar surface area (TPSA) is 67.2 Å². The van der Waals surface area contributed by atoms with E-state index >= 15 is 0 Å². The van der Waals surface area contributed by atoms with E-state index in [-0.39, 0.29) is 18.3 Å². The summed E-state index contributed by atoms with van der Waals surface area (Å²) >= 11 is 0. The van der Waals surface area contributed by atoms with Gasteiger partial charge in [-0.05, 0) is 12.1 Å². The first kappa shape index (κ1) is 14.6. The Balaban J connectivity index is 0.00000147. The predicted octanol–water partition coefficient (Wildman–Crippen LogP) is 1.71. The Morgan fingerprint density at radius 3 is 2.75 bits per heavy atom. The van der Waals surface area contributed by atoms with Gasteiger partial charge in [-0.1, -0.05) is 18.2 Å². The van der Waals surface area contributed by atoms with Crippen molar-refractivity contribution in [3.05, 3.63) is 42.3 Å². The summed E-state index contributed by atoms with van der Waals surface area (Å²) in [5, 5.41) is 6.03. The molecule has 0 spiro atoms. The lowest BCUT2D eigenvalue weighted by Crippen LogP contribution is -2.48. The van der Waals surface area contributed by atoms with Crippen LogP contribution in [-0.2, 0) is 0 Å².